The van der Waals surface area contributed by atoms with E-state index in [-0.39, 0.29) is 10.5 Å². The summed E-state index contributed by atoms with van der Waals surface area (Å²) in [6.07, 6.45) is 3.22. The Labute approximate surface area is 88.5 Å². The van der Waals surface area contributed by atoms with Gasteiger partial charge in [0.25, 0.3) is 0 Å². The average Bonchev–Trinajstić information content (AvgIpc) is 2.01. The van der Waals surface area contributed by atoms with Crippen molar-refractivity contribution in [2.24, 2.45) is 11.8 Å². The van der Waals surface area contributed by atoms with Gasteiger partial charge in [0.05, 0.1) is 0 Å². The van der Waals surface area contributed by atoms with E-state index in [0.29, 0.717) is 11.8 Å². The van der Waals surface area contributed by atoms with E-state index in [4.69, 9.17) is 4.78 Å². The smallest absolute Gasteiger partial charge is 0.0494 e. The van der Waals surface area contributed by atoms with Crippen LogP contribution in [0.3, 0.4) is 0 Å². The molecular formula is C11H23NOS. The minimum Gasteiger partial charge on any atom is -0.252 e. The van der Waals surface area contributed by atoms with E-state index in [1.807, 2.05) is 13.8 Å². The zero-order valence-corrected chi connectivity index (χ0v) is 10.6. The molecule has 3 heteroatoms. The van der Waals surface area contributed by atoms with Gasteiger partial charge in [0, 0.05) is 20.2 Å². The summed E-state index contributed by atoms with van der Waals surface area (Å²) in [5, 5.41) is 0.145. The average molecular weight is 217 g/mol. The molecule has 1 N–H and O–H groups in total. The molecule has 0 saturated heterocycles. The maximum absolute atomic E-state index is 12.2. The molecule has 0 aromatic rings. The summed E-state index contributed by atoms with van der Waals surface area (Å²) in [6, 6.07) is 0. The molecule has 1 saturated carbocycles. The zero-order valence-electron chi connectivity index (χ0n) is 9.75. The monoisotopic (exact) mass is 217 g/mol. The second-order valence-electron chi connectivity index (χ2n) is 5.24. The van der Waals surface area contributed by atoms with Crippen LogP contribution < -0.4 is 0 Å². The first kappa shape index (κ1) is 12.0. The van der Waals surface area contributed by atoms with Gasteiger partial charge in [-0.2, -0.15) is 0 Å². The number of rotatable bonds is 2. The maximum Gasteiger partial charge on any atom is 0.0494 e. The summed E-state index contributed by atoms with van der Waals surface area (Å²) in [5.41, 5.74) is 0. The van der Waals surface area contributed by atoms with Gasteiger partial charge in [0.15, 0.2) is 0 Å². The second-order valence-corrected chi connectivity index (χ2v) is 8.14. The van der Waals surface area contributed by atoms with E-state index in [2.05, 4.69) is 13.8 Å². The third kappa shape index (κ3) is 2.50. The Morgan fingerprint density at radius 3 is 1.93 bits per heavy atom. The molecule has 84 valence electrons. The molecule has 2 nitrogen and oxygen atoms in total. The van der Waals surface area contributed by atoms with E-state index >= 15 is 0 Å². The van der Waals surface area contributed by atoms with Crippen molar-refractivity contribution in [1.82, 2.24) is 0 Å². The molecule has 1 aliphatic rings. The first-order valence-electron chi connectivity index (χ1n) is 5.60. The minimum atomic E-state index is -2.37. The largest absolute Gasteiger partial charge is 0.252 e. The van der Waals surface area contributed by atoms with Crippen LogP contribution in [0.5, 0.6) is 0 Å². The van der Waals surface area contributed by atoms with Gasteiger partial charge < -0.3 is 0 Å². The topological polar surface area (TPSA) is 40.9 Å². The van der Waals surface area contributed by atoms with E-state index in [0.717, 1.165) is 12.8 Å². The molecule has 0 amide bonds. The van der Waals surface area contributed by atoms with Crippen molar-refractivity contribution in [2.45, 2.75) is 57.5 Å². The molecule has 14 heavy (non-hydrogen) atoms. The summed E-state index contributed by atoms with van der Waals surface area (Å²) in [6.45, 7) is 8.27. The molecule has 1 aliphatic carbocycles. The molecule has 0 bridgehead atoms. The molecule has 0 radical (unpaired) electrons. The van der Waals surface area contributed by atoms with Crippen LogP contribution in [0.4, 0.5) is 0 Å². The Morgan fingerprint density at radius 1 is 1.14 bits per heavy atom. The maximum atomic E-state index is 12.2. The highest BCUT2D eigenvalue weighted by atomic mass is 32.2. The Morgan fingerprint density at radius 2 is 1.57 bits per heavy atom. The van der Waals surface area contributed by atoms with Crippen molar-refractivity contribution in [2.75, 3.05) is 0 Å². The third-order valence-electron chi connectivity index (χ3n) is 3.33. The standard InChI is InChI=1S/C11H23NOS/c1-8(2)14(12,13)11-6-9(3)5-10(4)7-11/h8-12H,5-7H2,1-4H3. The van der Waals surface area contributed by atoms with Crippen molar-refractivity contribution in [3.05, 3.63) is 0 Å². The van der Waals surface area contributed by atoms with Gasteiger partial charge >= 0.3 is 0 Å². The highest BCUT2D eigenvalue weighted by molar-refractivity contribution is 7.93. The Kier molecular flexibility index (Phi) is 3.62. The summed E-state index contributed by atoms with van der Waals surface area (Å²) in [5.74, 6) is 1.29. The van der Waals surface area contributed by atoms with Gasteiger partial charge in [-0.15, -0.1) is 0 Å². The lowest BCUT2D eigenvalue weighted by atomic mass is 9.83. The Bertz CT molecular complexity index is 272. The third-order valence-corrected chi connectivity index (χ3v) is 6.11. The van der Waals surface area contributed by atoms with Crippen LogP contribution in [-0.4, -0.2) is 14.7 Å². The van der Waals surface area contributed by atoms with Crippen LogP contribution in [0, 0.1) is 16.6 Å². The zero-order chi connectivity index (χ0) is 10.9. The molecule has 1 fully saturated rings. The van der Waals surface area contributed by atoms with E-state index in [9.17, 15) is 4.21 Å². The summed E-state index contributed by atoms with van der Waals surface area (Å²) >= 11 is 0. The fraction of sp³-hybridized carbons (Fsp3) is 1.00. The summed E-state index contributed by atoms with van der Waals surface area (Å²) < 4.78 is 20.2. The molecule has 0 spiro atoms. The summed E-state index contributed by atoms with van der Waals surface area (Å²) in [4.78, 5) is 0. The van der Waals surface area contributed by atoms with Crippen LogP contribution in [0.25, 0.3) is 0 Å². The van der Waals surface area contributed by atoms with Crippen LogP contribution in [0.1, 0.15) is 47.0 Å². The fourth-order valence-electron chi connectivity index (χ4n) is 2.54. The van der Waals surface area contributed by atoms with Gasteiger partial charge in [-0.05, 0) is 31.1 Å². The number of nitrogens with one attached hydrogen (secondary N) is 1. The lowest BCUT2D eigenvalue weighted by Gasteiger charge is -2.33. The van der Waals surface area contributed by atoms with Crippen molar-refractivity contribution in [1.29, 1.82) is 4.78 Å². The molecule has 0 aliphatic heterocycles. The van der Waals surface area contributed by atoms with E-state index < -0.39 is 9.73 Å². The normalized spacial score (nSPS) is 38.2. The van der Waals surface area contributed by atoms with Crippen molar-refractivity contribution in [3.8, 4) is 0 Å². The first-order valence-corrected chi connectivity index (χ1v) is 7.29. The van der Waals surface area contributed by atoms with Gasteiger partial charge in [0.2, 0.25) is 0 Å². The molecular weight excluding hydrogens is 194 g/mol. The quantitative estimate of drug-likeness (QED) is 0.757. The summed E-state index contributed by atoms with van der Waals surface area (Å²) in [7, 11) is -2.37. The van der Waals surface area contributed by atoms with Crippen LogP contribution in [0.15, 0.2) is 0 Å². The van der Waals surface area contributed by atoms with Crippen molar-refractivity contribution in [3.63, 3.8) is 0 Å². The first-order chi connectivity index (χ1) is 6.34. The Balaban J connectivity index is 2.78. The highest BCUT2D eigenvalue weighted by Crippen LogP contribution is 2.34. The highest BCUT2D eigenvalue weighted by Gasteiger charge is 2.32. The molecule has 1 rings (SSSR count). The molecule has 3 atom stereocenters. The van der Waals surface area contributed by atoms with Gasteiger partial charge in [-0.25, -0.2) is 4.21 Å². The molecule has 3 unspecified atom stereocenters. The van der Waals surface area contributed by atoms with Crippen molar-refractivity contribution < 1.29 is 4.21 Å². The lowest BCUT2D eigenvalue weighted by Crippen LogP contribution is -2.34. The van der Waals surface area contributed by atoms with Gasteiger partial charge in [0.1, 0.15) is 0 Å². The van der Waals surface area contributed by atoms with Crippen LogP contribution >= 0.6 is 0 Å². The SMILES string of the molecule is CC1CC(C)CC(S(=N)(=O)C(C)C)C1. The van der Waals surface area contributed by atoms with E-state index in [1.54, 1.807) is 0 Å². The van der Waals surface area contributed by atoms with E-state index in [1.165, 1.54) is 6.42 Å². The van der Waals surface area contributed by atoms with Gasteiger partial charge in [-0.1, -0.05) is 27.7 Å². The second kappa shape index (κ2) is 4.21. The fourth-order valence-corrected chi connectivity index (χ4v) is 4.54. The van der Waals surface area contributed by atoms with Crippen molar-refractivity contribution >= 4 is 9.73 Å². The molecule has 0 aromatic heterocycles. The molecule has 0 aromatic carbocycles. The molecule has 0 heterocycles. The Hall–Kier alpha value is -0.0500. The van der Waals surface area contributed by atoms with Crippen LogP contribution in [-0.2, 0) is 9.73 Å². The predicted octanol–water partition coefficient (Wildman–Crippen LogP) is 3.27. The lowest BCUT2D eigenvalue weighted by molar-refractivity contribution is 0.304. The number of hydrogen-bond donors (Lipinski definition) is 1. The van der Waals surface area contributed by atoms with Gasteiger partial charge in [-0.3, -0.25) is 4.78 Å². The predicted molar refractivity (Wildman–Crippen MR) is 62.0 cm³/mol. The number of hydrogen-bond acceptors (Lipinski definition) is 2. The van der Waals surface area contributed by atoms with Crippen LogP contribution in [0.2, 0.25) is 0 Å². The minimum absolute atomic E-state index is 0.00463.